The normalized spacial score (nSPS) is 13.2. The van der Waals surface area contributed by atoms with Crippen molar-refractivity contribution in [1.82, 2.24) is 31.9 Å². The van der Waals surface area contributed by atoms with Crippen molar-refractivity contribution in [3.05, 3.63) is 108 Å². The lowest BCUT2D eigenvalue weighted by Gasteiger charge is -2.27. The molecule has 322 valence electrons. The minimum absolute atomic E-state index is 0.00431. The Labute approximate surface area is 347 Å². The van der Waals surface area contributed by atoms with Crippen LogP contribution in [-0.2, 0) is 52.8 Å². The molecule has 7 amide bonds. The van der Waals surface area contributed by atoms with Crippen molar-refractivity contribution in [1.29, 1.82) is 0 Å². The third-order valence-corrected chi connectivity index (χ3v) is 9.05. The molecular formula is C41H55N11O8. The Hall–Kier alpha value is -6.86. The van der Waals surface area contributed by atoms with Gasteiger partial charge in [0.2, 0.25) is 41.4 Å². The molecule has 0 unspecified atom stereocenters. The number of nitrogens with zero attached hydrogens (tertiary/aromatic N) is 1. The summed E-state index contributed by atoms with van der Waals surface area (Å²) in [6, 6.07) is 20.0. The standard InChI is InChI=1S/C41H55N11O8/c42-24-34(54)47-25-35(55)48-32(22-27-13-6-2-7-14-27)39(59)50-30(18-20-53)38(58)52-33(23-28-15-8-3-9-16-28)40(60)49-29(17-10-19-46-41(44)45)37(57)51-31(36(43)56)21-26-11-4-1-5-12-26/h1-9,11-16,29-33,53H,10,17-25,42H2,(H2,43,56)(H,47,54)(H,48,55)(H,49,60)(H,50,59)(H,51,57)(H,52,58)(H4,44,45,46)/t29-,30-,31-,32-,33-/m0/s1. The van der Waals surface area contributed by atoms with Gasteiger partial charge in [0.25, 0.3) is 0 Å². The van der Waals surface area contributed by atoms with Crippen LogP contribution in [0.4, 0.5) is 0 Å². The van der Waals surface area contributed by atoms with Gasteiger partial charge in [-0.2, -0.15) is 0 Å². The summed E-state index contributed by atoms with van der Waals surface area (Å²) in [5.74, 6) is -5.39. The summed E-state index contributed by atoms with van der Waals surface area (Å²) in [6.45, 7) is -1.24. The van der Waals surface area contributed by atoms with E-state index in [0.717, 1.165) is 5.56 Å². The van der Waals surface area contributed by atoms with E-state index in [1.165, 1.54) is 0 Å². The number of benzene rings is 3. The molecule has 19 heteroatoms. The number of amides is 7. The highest BCUT2D eigenvalue weighted by Gasteiger charge is 2.32. The first kappa shape index (κ1) is 47.5. The number of hydrogen-bond acceptors (Lipinski definition) is 10. The number of hydrogen-bond donors (Lipinski definition) is 11. The van der Waals surface area contributed by atoms with E-state index < -0.39 is 84.7 Å². The van der Waals surface area contributed by atoms with Crippen LogP contribution in [0, 0.1) is 0 Å². The second-order valence-electron chi connectivity index (χ2n) is 13.8. The van der Waals surface area contributed by atoms with Crippen molar-refractivity contribution in [3.8, 4) is 0 Å². The molecule has 0 saturated carbocycles. The highest BCUT2D eigenvalue weighted by Crippen LogP contribution is 2.10. The van der Waals surface area contributed by atoms with Crippen molar-refractivity contribution in [2.24, 2.45) is 27.9 Å². The third kappa shape index (κ3) is 17.3. The smallest absolute Gasteiger partial charge is 0.243 e. The van der Waals surface area contributed by atoms with Gasteiger partial charge in [-0.1, -0.05) is 91.0 Å². The van der Waals surface area contributed by atoms with Gasteiger partial charge in [-0.15, -0.1) is 0 Å². The first-order valence-corrected chi connectivity index (χ1v) is 19.3. The number of aliphatic hydroxyl groups excluding tert-OH is 1. The van der Waals surface area contributed by atoms with Crippen molar-refractivity contribution < 1.29 is 38.7 Å². The van der Waals surface area contributed by atoms with Gasteiger partial charge in [0, 0.05) is 32.4 Å². The highest BCUT2D eigenvalue weighted by atomic mass is 16.3. The Bertz CT molecular complexity index is 1900. The second-order valence-corrected chi connectivity index (χ2v) is 13.8. The Kier molecular flexibility index (Phi) is 20.2. The molecular weight excluding hydrogens is 775 g/mol. The molecule has 60 heavy (non-hydrogen) atoms. The van der Waals surface area contributed by atoms with Gasteiger partial charge in [0.15, 0.2) is 5.96 Å². The van der Waals surface area contributed by atoms with E-state index in [1.54, 1.807) is 91.0 Å². The number of guanidine groups is 1. The van der Waals surface area contributed by atoms with Gasteiger partial charge in [-0.05, 0) is 36.0 Å². The summed E-state index contributed by atoms with van der Waals surface area (Å²) < 4.78 is 0. The van der Waals surface area contributed by atoms with Crippen LogP contribution >= 0.6 is 0 Å². The Morgan fingerprint density at radius 2 is 0.933 bits per heavy atom. The zero-order valence-electron chi connectivity index (χ0n) is 33.2. The summed E-state index contributed by atoms with van der Waals surface area (Å²) >= 11 is 0. The molecule has 3 aromatic carbocycles. The monoisotopic (exact) mass is 829 g/mol. The Morgan fingerprint density at radius 1 is 0.533 bits per heavy atom. The number of carbonyl (C=O) groups is 7. The van der Waals surface area contributed by atoms with Crippen LogP contribution in [0.1, 0.15) is 36.0 Å². The average molecular weight is 830 g/mol. The molecule has 19 nitrogen and oxygen atoms in total. The lowest BCUT2D eigenvalue weighted by Crippen LogP contribution is -2.60. The molecule has 5 atom stereocenters. The Balaban J connectivity index is 1.86. The molecule has 0 aliphatic carbocycles. The fraction of sp³-hybridized carbons (Fsp3) is 0.366. The number of primary amides is 1. The van der Waals surface area contributed by atoms with Crippen LogP contribution in [0.2, 0.25) is 0 Å². The molecule has 0 aromatic heterocycles. The number of nitrogens with two attached hydrogens (primary N) is 4. The summed E-state index contributed by atoms with van der Waals surface area (Å²) in [5, 5.41) is 25.4. The quantitative estimate of drug-likeness (QED) is 0.0234. The minimum atomic E-state index is -1.39. The molecule has 0 spiro atoms. The van der Waals surface area contributed by atoms with E-state index in [1.807, 2.05) is 0 Å². The number of carbonyl (C=O) groups excluding carboxylic acids is 7. The molecule has 0 saturated heterocycles. The van der Waals surface area contributed by atoms with Crippen LogP contribution in [0.15, 0.2) is 96.0 Å². The number of aliphatic hydroxyl groups is 1. The van der Waals surface area contributed by atoms with Gasteiger partial charge >= 0.3 is 0 Å². The summed E-state index contributed by atoms with van der Waals surface area (Å²) in [5.41, 5.74) is 23.9. The van der Waals surface area contributed by atoms with Gasteiger partial charge in [0.1, 0.15) is 30.2 Å². The zero-order chi connectivity index (χ0) is 43.9. The molecule has 0 fully saturated rings. The fourth-order valence-corrected chi connectivity index (χ4v) is 5.95. The SMILES string of the molecule is NCC(=O)NCC(=O)N[C@@H](Cc1ccccc1)C(=O)N[C@@H](CCO)C(=O)N[C@@H](Cc1ccccc1)C(=O)N[C@@H](CCCN=C(N)N)C(=O)N[C@@H](Cc1ccccc1)C(N)=O. The molecule has 0 aliphatic heterocycles. The van der Waals surface area contributed by atoms with Gasteiger partial charge in [0.05, 0.1) is 13.1 Å². The maximum Gasteiger partial charge on any atom is 0.243 e. The summed E-state index contributed by atoms with van der Waals surface area (Å²) in [7, 11) is 0. The van der Waals surface area contributed by atoms with E-state index >= 15 is 0 Å². The maximum absolute atomic E-state index is 14.1. The number of aliphatic imine (C=N–C) groups is 1. The average Bonchev–Trinajstić information content (AvgIpc) is 3.23. The topological polar surface area (TPSA) is 328 Å². The lowest BCUT2D eigenvalue weighted by molar-refractivity contribution is -0.135. The van der Waals surface area contributed by atoms with Crippen LogP contribution in [0.25, 0.3) is 0 Å². The minimum Gasteiger partial charge on any atom is -0.396 e. The number of rotatable bonds is 25. The highest BCUT2D eigenvalue weighted by molar-refractivity contribution is 5.97. The van der Waals surface area contributed by atoms with E-state index in [4.69, 9.17) is 22.9 Å². The summed E-state index contributed by atoms with van der Waals surface area (Å²) in [6.07, 6.45) is 0.00885. The largest absolute Gasteiger partial charge is 0.396 e. The maximum atomic E-state index is 14.1. The van der Waals surface area contributed by atoms with Gasteiger partial charge in [-0.25, -0.2) is 0 Å². The Morgan fingerprint density at radius 3 is 1.37 bits per heavy atom. The van der Waals surface area contributed by atoms with E-state index in [9.17, 15) is 38.7 Å². The first-order valence-electron chi connectivity index (χ1n) is 19.3. The molecule has 3 rings (SSSR count). The second kappa shape index (κ2) is 25.5. The predicted molar refractivity (Wildman–Crippen MR) is 223 cm³/mol. The van der Waals surface area contributed by atoms with Crippen LogP contribution < -0.4 is 54.8 Å². The first-order chi connectivity index (χ1) is 28.8. The fourth-order valence-electron chi connectivity index (χ4n) is 5.95. The van der Waals surface area contributed by atoms with Crippen molar-refractivity contribution in [2.45, 2.75) is 68.7 Å². The van der Waals surface area contributed by atoms with Crippen LogP contribution in [0.3, 0.4) is 0 Å². The van der Waals surface area contributed by atoms with E-state index in [-0.39, 0.29) is 57.6 Å². The molecule has 0 heterocycles. The molecule has 0 radical (unpaired) electrons. The predicted octanol–water partition coefficient (Wildman–Crippen LogP) is -2.87. The third-order valence-electron chi connectivity index (χ3n) is 9.05. The molecule has 15 N–H and O–H groups in total. The summed E-state index contributed by atoms with van der Waals surface area (Å²) in [4.78, 5) is 96.3. The molecule has 0 aliphatic rings. The number of nitrogens with one attached hydrogen (secondary N) is 6. The van der Waals surface area contributed by atoms with Gasteiger partial charge in [-0.3, -0.25) is 38.6 Å². The zero-order valence-corrected chi connectivity index (χ0v) is 33.2. The van der Waals surface area contributed by atoms with Crippen LogP contribution in [-0.4, -0.2) is 109 Å². The van der Waals surface area contributed by atoms with Crippen molar-refractivity contribution >= 4 is 47.3 Å². The van der Waals surface area contributed by atoms with Crippen molar-refractivity contribution in [2.75, 3.05) is 26.2 Å². The van der Waals surface area contributed by atoms with E-state index in [2.05, 4.69) is 36.9 Å². The molecule has 3 aromatic rings. The lowest BCUT2D eigenvalue weighted by atomic mass is 10.0. The molecule has 0 bridgehead atoms. The van der Waals surface area contributed by atoms with E-state index in [0.29, 0.717) is 11.1 Å². The van der Waals surface area contributed by atoms with Crippen molar-refractivity contribution in [3.63, 3.8) is 0 Å². The van der Waals surface area contributed by atoms with Gasteiger partial charge < -0.3 is 59.9 Å². The van der Waals surface area contributed by atoms with Crippen LogP contribution in [0.5, 0.6) is 0 Å².